The molecule has 1 aromatic heterocycles. The number of hydrogen-bond acceptors (Lipinski definition) is 3. The summed E-state index contributed by atoms with van der Waals surface area (Å²) in [5, 5.41) is 2.85. The van der Waals surface area contributed by atoms with Gasteiger partial charge in [0.1, 0.15) is 11.6 Å². The van der Waals surface area contributed by atoms with Gasteiger partial charge in [0.2, 0.25) is 5.91 Å². The highest BCUT2D eigenvalue weighted by Crippen LogP contribution is 2.16. The number of amides is 1. The normalized spacial score (nSPS) is 11.5. The lowest BCUT2D eigenvalue weighted by atomic mass is 10.2. The molecule has 0 saturated carbocycles. The molecule has 1 aromatic carbocycles. The van der Waals surface area contributed by atoms with Crippen molar-refractivity contribution in [2.45, 2.75) is 32.2 Å². The van der Waals surface area contributed by atoms with Crippen molar-refractivity contribution in [1.82, 2.24) is 14.9 Å². The quantitative estimate of drug-likeness (QED) is 0.825. The second kappa shape index (κ2) is 9.70. The molecule has 0 saturated heterocycles. The first-order valence-corrected chi connectivity index (χ1v) is 7.10. The molecule has 2 aromatic rings. The minimum absolute atomic E-state index is 0. The van der Waals surface area contributed by atoms with Crippen LogP contribution in [0.1, 0.15) is 25.6 Å². The van der Waals surface area contributed by atoms with Crippen LogP contribution < -0.4 is 11.1 Å². The Morgan fingerprint density at radius 3 is 2.78 bits per heavy atom. The standard InChI is InChI=1S/C15H21FN4O.2ClH/c1-10(17)3-6-15(21)18-8-7-14-19-12-5-4-11(16)9-13(12)20(14)2;;/h4-5,9-10H,3,6-8,17H2,1-2H3,(H,18,21);2*1H. The van der Waals surface area contributed by atoms with Crippen molar-refractivity contribution in [1.29, 1.82) is 0 Å². The molecule has 130 valence electrons. The molecule has 1 heterocycles. The maximum Gasteiger partial charge on any atom is 0.220 e. The number of rotatable bonds is 6. The van der Waals surface area contributed by atoms with Crippen LogP contribution in [0.2, 0.25) is 0 Å². The van der Waals surface area contributed by atoms with E-state index in [2.05, 4.69) is 10.3 Å². The van der Waals surface area contributed by atoms with Gasteiger partial charge in [-0.25, -0.2) is 9.37 Å². The monoisotopic (exact) mass is 364 g/mol. The van der Waals surface area contributed by atoms with E-state index in [1.165, 1.54) is 12.1 Å². The molecule has 0 aliphatic heterocycles. The van der Waals surface area contributed by atoms with Crippen molar-refractivity contribution < 1.29 is 9.18 Å². The van der Waals surface area contributed by atoms with E-state index in [1.807, 2.05) is 18.5 Å². The summed E-state index contributed by atoms with van der Waals surface area (Å²) in [5.74, 6) is 0.543. The zero-order chi connectivity index (χ0) is 15.4. The van der Waals surface area contributed by atoms with E-state index in [9.17, 15) is 9.18 Å². The van der Waals surface area contributed by atoms with E-state index in [0.717, 1.165) is 16.9 Å². The molecule has 0 fully saturated rings. The highest BCUT2D eigenvalue weighted by atomic mass is 35.5. The zero-order valence-corrected chi connectivity index (χ0v) is 14.8. The molecule has 0 aliphatic rings. The minimum atomic E-state index is -0.277. The summed E-state index contributed by atoms with van der Waals surface area (Å²) in [7, 11) is 1.85. The van der Waals surface area contributed by atoms with Gasteiger partial charge in [0.15, 0.2) is 0 Å². The molecular formula is C15H23Cl2FN4O. The summed E-state index contributed by atoms with van der Waals surface area (Å²) in [6, 6.07) is 4.56. The molecule has 5 nitrogen and oxygen atoms in total. The van der Waals surface area contributed by atoms with Crippen molar-refractivity contribution in [3.63, 3.8) is 0 Å². The van der Waals surface area contributed by atoms with E-state index in [0.29, 0.717) is 25.8 Å². The Morgan fingerprint density at radius 2 is 2.13 bits per heavy atom. The molecule has 1 amide bonds. The lowest BCUT2D eigenvalue weighted by Gasteiger charge is -2.07. The van der Waals surface area contributed by atoms with Gasteiger partial charge in [0, 0.05) is 32.5 Å². The molecule has 3 N–H and O–H groups in total. The molecule has 1 atom stereocenters. The Labute approximate surface area is 147 Å². The molecule has 0 bridgehead atoms. The van der Waals surface area contributed by atoms with E-state index in [1.54, 1.807) is 6.07 Å². The van der Waals surface area contributed by atoms with Crippen LogP contribution in [-0.2, 0) is 18.3 Å². The van der Waals surface area contributed by atoms with Gasteiger partial charge in [0.05, 0.1) is 11.0 Å². The number of benzene rings is 1. The molecule has 8 heteroatoms. The average Bonchev–Trinajstić information content (AvgIpc) is 2.73. The fraction of sp³-hybridized carbons (Fsp3) is 0.467. The lowest BCUT2D eigenvalue weighted by Crippen LogP contribution is -2.28. The van der Waals surface area contributed by atoms with E-state index < -0.39 is 0 Å². The lowest BCUT2D eigenvalue weighted by molar-refractivity contribution is -0.121. The first-order chi connectivity index (χ1) is 9.97. The van der Waals surface area contributed by atoms with Gasteiger partial charge in [-0.3, -0.25) is 4.79 Å². The van der Waals surface area contributed by atoms with Gasteiger partial charge in [-0.05, 0) is 31.5 Å². The molecule has 1 unspecified atom stereocenters. The second-order valence-corrected chi connectivity index (χ2v) is 5.34. The van der Waals surface area contributed by atoms with Crippen molar-refractivity contribution in [2.75, 3.05) is 6.54 Å². The van der Waals surface area contributed by atoms with Gasteiger partial charge in [-0.2, -0.15) is 0 Å². The van der Waals surface area contributed by atoms with E-state index in [4.69, 9.17) is 5.73 Å². The molecule has 0 spiro atoms. The Hall–Kier alpha value is -1.37. The number of fused-ring (bicyclic) bond motifs is 1. The number of halogens is 3. The Kier molecular flexibility index (Phi) is 9.12. The number of aryl methyl sites for hydroxylation is 1. The Balaban J connectivity index is 0.00000242. The average molecular weight is 365 g/mol. The fourth-order valence-corrected chi connectivity index (χ4v) is 2.20. The van der Waals surface area contributed by atoms with Crippen LogP contribution >= 0.6 is 24.8 Å². The number of carbonyl (C=O) groups excluding carboxylic acids is 1. The summed E-state index contributed by atoms with van der Waals surface area (Å²) < 4.78 is 15.1. The molecule has 0 aliphatic carbocycles. The van der Waals surface area contributed by atoms with Crippen LogP contribution in [0.15, 0.2) is 18.2 Å². The molecular weight excluding hydrogens is 342 g/mol. The van der Waals surface area contributed by atoms with Crippen molar-refractivity contribution in [3.05, 3.63) is 29.8 Å². The third-order valence-electron chi connectivity index (χ3n) is 3.43. The van der Waals surface area contributed by atoms with Crippen LogP contribution in [0.4, 0.5) is 4.39 Å². The summed E-state index contributed by atoms with van der Waals surface area (Å²) in [6.07, 6.45) is 1.72. The predicted octanol–water partition coefficient (Wildman–Crippen LogP) is 2.34. The van der Waals surface area contributed by atoms with Crippen LogP contribution in [0.3, 0.4) is 0 Å². The first kappa shape index (κ1) is 21.6. The Bertz CT molecular complexity index is 646. The van der Waals surface area contributed by atoms with Crippen molar-refractivity contribution in [2.24, 2.45) is 12.8 Å². The number of nitrogens with one attached hydrogen (secondary N) is 1. The predicted molar refractivity (Wildman–Crippen MR) is 94.8 cm³/mol. The number of aromatic nitrogens is 2. The van der Waals surface area contributed by atoms with Gasteiger partial charge in [0.25, 0.3) is 0 Å². The van der Waals surface area contributed by atoms with Gasteiger partial charge >= 0.3 is 0 Å². The number of hydrogen-bond donors (Lipinski definition) is 2. The number of nitrogens with two attached hydrogens (primary N) is 1. The first-order valence-electron chi connectivity index (χ1n) is 7.10. The number of nitrogens with zero attached hydrogens (tertiary/aromatic N) is 2. The smallest absolute Gasteiger partial charge is 0.220 e. The second-order valence-electron chi connectivity index (χ2n) is 5.34. The van der Waals surface area contributed by atoms with Gasteiger partial charge in [-0.1, -0.05) is 0 Å². The highest BCUT2D eigenvalue weighted by Gasteiger charge is 2.09. The largest absolute Gasteiger partial charge is 0.356 e. The van der Waals surface area contributed by atoms with E-state index in [-0.39, 0.29) is 42.6 Å². The van der Waals surface area contributed by atoms with Crippen molar-refractivity contribution in [3.8, 4) is 0 Å². The van der Waals surface area contributed by atoms with Gasteiger partial charge < -0.3 is 15.6 Å². The zero-order valence-electron chi connectivity index (χ0n) is 13.2. The summed E-state index contributed by atoms with van der Waals surface area (Å²) in [6.45, 7) is 2.39. The van der Waals surface area contributed by atoms with Crippen LogP contribution in [0.25, 0.3) is 11.0 Å². The molecule has 23 heavy (non-hydrogen) atoms. The summed E-state index contributed by atoms with van der Waals surface area (Å²) in [5.41, 5.74) is 7.13. The van der Waals surface area contributed by atoms with Crippen LogP contribution in [0, 0.1) is 5.82 Å². The Morgan fingerprint density at radius 1 is 1.43 bits per heavy atom. The fourth-order valence-electron chi connectivity index (χ4n) is 2.20. The van der Waals surface area contributed by atoms with Crippen LogP contribution in [0.5, 0.6) is 0 Å². The van der Waals surface area contributed by atoms with Gasteiger partial charge in [-0.15, -0.1) is 24.8 Å². The van der Waals surface area contributed by atoms with Crippen molar-refractivity contribution >= 4 is 41.8 Å². The SMILES string of the molecule is CC(N)CCC(=O)NCCc1nc2ccc(F)cc2n1C.Cl.Cl. The van der Waals surface area contributed by atoms with Crippen LogP contribution in [-0.4, -0.2) is 28.0 Å². The highest BCUT2D eigenvalue weighted by molar-refractivity contribution is 5.85. The minimum Gasteiger partial charge on any atom is -0.356 e. The van der Waals surface area contributed by atoms with E-state index >= 15 is 0 Å². The summed E-state index contributed by atoms with van der Waals surface area (Å²) >= 11 is 0. The molecule has 0 radical (unpaired) electrons. The summed E-state index contributed by atoms with van der Waals surface area (Å²) in [4.78, 5) is 16.0. The third kappa shape index (κ3) is 5.97. The third-order valence-corrected chi connectivity index (χ3v) is 3.43. The topological polar surface area (TPSA) is 72.9 Å². The maximum absolute atomic E-state index is 13.2. The maximum atomic E-state index is 13.2. The molecule has 2 rings (SSSR count). The number of carbonyl (C=O) groups is 1. The number of imidazole rings is 1.